The lowest BCUT2D eigenvalue weighted by atomic mass is 9.88. The molecule has 132 valence electrons. The molecule has 3 aliphatic rings. The summed E-state index contributed by atoms with van der Waals surface area (Å²) in [5.74, 6) is 1.74. The first-order valence-corrected chi connectivity index (χ1v) is 9.97. The Balaban J connectivity index is 1.57. The molecular formula is C16H26IN7. The molecule has 1 aromatic rings. The average Bonchev–Trinajstić information content (AvgIpc) is 3.18. The van der Waals surface area contributed by atoms with Gasteiger partial charge in [-0.1, -0.05) is 22.6 Å². The number of anilines is 1. The molecule has 0 saturated carbocycles. The molecule has 0 amide bonds. The van der Waals surface area contributed by atoms with Crippen LogP contribution in [0.2, 0.25) is 0 Å². The van der Waals surface area contributed by atoms with Gasteiger partial charge < -0.3 is 21.4 Å². The Morgan fingerprint density at radius 2 is 2.33 bits per heavy atom. The first kappa shape index (κ1) is 16.6. The normalized spacial score (nSPS) is 33.1. The number of nitrogens with one attached hydrogen (secondary N) is 3. The van der Waals surface area contributed by atoms with Gasteiger partial charge in [0.05, 0.1) is 10.1 Å². The molecule has 3 aliphatic heterocycles. The lowest BCUT2D eigenvalue weighted by molar-refractivity contribution is 0.290. The average molecular weight is 443 g/mol. The second-order valence-electron chi connectivity index (χ2n) is 7.08. The second-order valence-corrected chi connectivity index (χ2v) is 8.52. The molecule has 8 heteroatoms. The van der Waals surface area contributed by atoms with Crippen LogP contribution in [0.4, 0.5) is 5.82 Å². The van der Waals surface area contributed by atoms with E-state index in [1.54, 1.807) is 0 Å². The maximum absolute atomic E-state index is 6.53. The summed E-state index contributed by atoms with van der Waals surface area (Å²) in [6, 6.07) is 0.398. The van der Waals surface area contributed by atoms with Crippen LogP contribution in [0, 0.1) is 5.92 Å². The summed E-state index contributed by atoms with van der Waals surface area (Å²) in [6.45, 7) is 3.12. The third-order valence-electron chi connectivity index (χ3n) is 5.32. The van der Waals surface area contributed by atoms with E-state index in [-0.39, 0.29) is 6.17 Å². The van der Waals surface area contributed by atoms with Crippen LogP contribution in [0.25, 0.3) is 0 Å². The van der Waals surface area contributed by atoms with E-state index in [2.05, 4.69) is 49.9 Å². The van der Waals surface area contributed by atoms with Gasteiger partial charge >= 0.3 is 0 Å². The Morgan fingerprint density at radius 3 is 3.04 bits per heavy atom. The fraction of sp³-hybridized carbons (Fsp3) is 0.688. The first-order valence-electron chi connectivity index (χ1n) is 8.72. The lowest BCUT2D eigenvalue weighted by Gasteiger charge is -2.41. The molecule has 24 heavy (non-hydrogen) atoms. The van der Waals surface area contributed by atoms with Gasteiger partial charge in [0, 0.05) is 37.8 Å². The van der Waals surface area contributed by atoms with Crippen LogP contribution in [0.5, 0.6) is 0 Å². The van der Waals surface area contributed by atoms with Gasteiger partial charge in [-0.05, 0) is 37.4 Å². The van der Waals surface area contributed by atoms with Crippen LogP contribution in [-0.2, 0) is 6.42 Å². The van der Waals surface area contributed by atoms with Crippen LogP contribution >= 0.6 is 22.6 Å². The van der Waals surface area contributed by atoms with Gasteiger partial charge in [0.2, 0.25) is 0 Å². The molecule has 1 aromatic heterocycles. The summed E-state index contributed by atoms with van der Waals surface area (Å²) >= 11 is 2.50. The molecule has 1 saturated heterocycles. The number of nitrogens with two attached hydrogens (primary N) is 1. The molecule has 0 spiro atoms. The summed E-state index contributed by atoms with van der Waals surface area (Å²) < 4.78 is 2.32. The molecule has 0 aromatic carbocycles. The van der Waals surface area contributed by atoms with Crippen molar-refractivity contribution >= 4 is 28.4 Å². The van der Waals surface area contributed by atoms with Gasteiger partial charge in [0.1, 0.15) is 12.0 Å². The first-order chi connectivity index (χ1) is 11.6. The fourth-order valence-electron chi connectivity index (χ4n) is 4.00. The third-order valence-corrected chi connectivity index (χ3v) is 6.83. The van der Waals surface area contributed by atoms with Crippen molar-refractivity contribution in [1.82, 2.24) is 25.5 Å². The topological polar surface area (TPSA) is 83.2 Å². The van der Waals surface area contributed by atoms with Crippen LogP contribution in [0.1, 0.15) is 24.6 Å². The maximum Gasteiger partial charge on any atom is 0.130 e. The van der Waals surface area contributed by atoms with Crippen molar-refractivity contribution in [3.63, 3.8) is 0 Å². The maximum atomic E-state index is 6.53. The van der Waals surface area contributed by atoms with Gasteiger partial charge in [-0.3, -0.25) is 0 Å². The van der Waals surface area contributed by atoms with Crippen LogP contribution in [-0.4, -0.2) is 51.4 Å². The summed E-state index contributed by atoms with van der Waals surface area (Å²) in [5.41, 5.74) is 12.4. The predicted molar refractivity (Wildman–Crippen MR) is 104 cm³/mol. The second kappa shape index (κ2) is 6.81. The van der Waals surface area contributed by atoms with E-state index in [0.29, 0.717) is 15.9 Å². The van der Waals surface area contributed by atoms with Gasteiger partial charge in [-0.2, -0.15) is 5.10 Å². The van der Waals surface area contributed by atoms with E-state index in [1.165, 1.54) is 24.0 Å². The number of alkyl halides is 1. The highest BCUT2D eigenvalue weighted by molar-refractivity contribution is 14.1. The largest absolute Gasteiger partial charge is 0.366 e. The number of hydrogen-bond acceptors (Lipinski definition) is 6. The number of halogens is 1. The van der Waals surface area contributed by atoms with Crippen LogP contribution in [0.3, 0.4) is 0 Å². The van der Waals surface area contributed by atoms with Gasteiger partial charge in [0.25, 0.3) is 0 Å². The highest BCUT2D eigenvalue weighted by Gasteiger charge is 2.39. The van der Waals surface area contributed by atoms with Crippen molar-refractivity contribution < 1.29 is 0 Å². The van der Waals surface area contributed by atoms with E-state index in [9.17, 15) is 0 Å². The summed E-state index contributed by atoms with van der Waals surface area (Å²) in [6.07, 6.45) is 7.50. The Hall–Kier alpha value is -0.840. The summed E-state index contributed by atoms with van der Waals surface area (Å²) in [4.78, 5) is 0. The van der Waals surface area contributed by atoms with Gasteiger partial charge in [-0.15, -0.1) is 0 Å². The van der Waals surface area contributed by atoms with Gasteiger partial charge in [0.15, 0.2) is 0 Å². The van der Waals surface area contributed by atoms with E-state index in [0.717, 1.165) is 31.9 Å². The third kappa shape index (κ3) is 3.04. The number of piperidine rings is 1. The van der Waals surface area contributed by atoms with Crippen molar-refractivity contribution in [2.75, 3.05) is 32.0 Å². The smallest absolute Gasteiger partial charge is 0.130 e. The van der Waals surface area contributed by atoms with E-state index >= 15 is 0 Å². The molecule has 7 nitrogen and oxygen atoms in total. The van der Waals surface area contributed by atoms with Crippen molar-refractivity contribution in [1.29, 1.82) is 0 Å². The number of fused-ring (bicyclic) bond motifs is 1. The standard InChI is InChI=1S/C16H26IN7/c1-23-9-10(6-20-23)5-12-8-21-24-15(18)13(17)14(22-16(12)24)11-3-2-4-19-7-11/h8-9,11,13-15,19-20,22H,2-7,18H2,1H3. The van der Waals surface area contributed by atoms with Crippen molar-refractivity contribution in [3.05, 3.63) is 23.5 Å². The van der Waals surface area contributed by atoms with E-state index in [1.807, 2.05) is 22.9 Å². The molecule has 0 aliphatic carbocycles. The van der Waals surface area contributed by atoms with Crippen molar-refractivity contribution in [2.24, 2.45) is 11.7 Å². The molecule has 0 bridgehead atoms. The molecule has 5 N–H and O–H groups in total. The van der Waals surface area contributed by atoms with Gasteiger partial charge in [-0.25, -0.2) is 10.1 Å². The molecule has 1 fully saturated rings. The summed E-state index contributed by atoms with van der Waals surface area (Å²) in [5, 5.41) is 13.9. The quantitative estimate of drug-likeness (QED) is 0.409. The van der Waals surface area contributed by atoms with Crippen molar-refractivity contribution in [3.8, 4) is 0 Å². The summed E-state index contributed by atoms with van der Waals surface area (Å²) in [7, 11) is 2.03. The van der Waals surface area contributed by atoms with Crippen LogP contribution < -0.4 is 21.8 Å². The van der Waals surface area contributed by atoms with E-state index < -0.39 is 0 Å². The van der Waals surface area contributed by atoms with Crippen LogP contribution in [0.15, 0.2) is 18.0 Å². The Labute approximate surface area is 156 Å². The SMILES string of the molecule is CN1C=C(Cc2cnn3c2NC(C2CCCNC2)C(I)C3N)CN1. The monoisotopic (exact) mass is 443 g/mol. The van der Waals surface area contributed by atoms with E-state index in [4.69, 9.17) is 5.73 Å². The zero-order valence-electron chi connectivity index (χ0n) is 14.0. The molecule has 0 radical (unpaired) electrons. The Morgan fingerprint density at radius 1 is 1.46 bits per heavy atom. The zero-order valence-corrected chi connectivity index (χ0v) is 16.2. The van der Waals surface area contributed by atoms with Crippen molar-refractivity contribution in [2.45, 2.75) is 35.4 Å². The highest BCUT2D eigenvalue weighted by atomic mass is 127. The minimum Gasteiger partial charge on any atom is -0.366 e. The number of rotatable bonds is 3. The predicted octanol–water partition coefficient (Wildman–Crippen LogP) is 0.814. The Bertz CT molecular complexity index is 622. The zero-order chi connectivity index (χ0) is 16.7. The number of aromatic nitrogens is 2. The minimum atomic E-state index is -0.0686. The lowest BCUT2D eigenvalue weighted by Crippen LogP contribution is -2.52. The Kier molecular flexibility index (Phi) is 4.72. The number of hydrogen-bond donors (Lipinski definition) is 4. The molecular weight excluding hydrogens is 417 g/mol. The fourth-order valence-corrected chi connectivity index (χ4v) is 5.08. The molecule has 4 unspecified atom stereocenters. The molecule has 4 heterocycles. The molecule has 4 atom stereocenters. The number of nitrogens with zero attached hydrogens (tertiary/aromatic N) is 3. The minimum absolute atomic E-state index is 0.0686. The highest BCUT2D eigenvalue weighted by Crippen LogP contribution is 2.36. The molecule has 4 rings (SSSR count). The number of hydrazine groups is 1.